The summed E-state index contributed by atoms with van der Waals surface area (Å²) >= 11 is 0. The molecule has 4 amide bonds. The molecule has 1 aromatic heterocycles. The number of amides is 4. The van der Waals surface area contributed by atoms with E-state index in [-0.39, 0.29) is 23.8 Å². The van der Waals surface area contributed by atoms with Crippen molar-refractivity contribution in [2.75, 3.05) is 36.8 Å². The highest BCUT2D eigenvalue weighted by molar-refractivity contribution is 5.95. The van der Waals surface area contributed by atoms with Gasteiger partial charge in [-0.25, -0.2) is 14.5 Å². The monoisotopic (exact) mass is 439 g/mol. The number of benzene rings is 1. The summed E-state index contributed by atoms with van der Waals surface area (Å²) in [5, 5.41) is 9.75. The number of nitrogens with one attached hydrogen (secondary N) is 2. The Labute approximate surface area is 187 Å². The number of hydrogen-bond donors (Lipinski definition) is 2. The van der Waals surface area contributed by atoms with Crippen LogP contribution in [0.2, 0.25) is 0 Å². The van der Waals surface area contributed by atoms with Gasteiger partial charge < -0.3 is 20.4 Å². The number of aromatic nitrogens is 3. The van der Waals surface area contributed by atoms with Gasteiger partial charge in [-0.15, -0.1) is 0 Å². The molecule has 0 saturated carbocycles. The molecule has 2 fully saturated rings. The molecule has 0 radical (unpaired) electrons. The zero-order valence-corrected chi connectivity index (χ0v) is 18.2. The minimum Gasteiger partial charge on any atom is -0.326 e. The summed E-state index contributed by atoms with van der Waals surface area (Å²) < 4.78 is 1.48. The van der Waals surface area contributed by atoms with E-state index in [2.05, 4.69) is 20.7 Å². The first-order valence-corrected chi connectivity index (χ1v) is 11.1. The van der Waals surface area contributed by atoms with Gasteiger partial charge in [-0.2, -0.15) is 5.10 Å². The Kier molecular flexibility index (Phi) is 6.67. The molecule has 10 heteroatoms. The zero-order valence-electron chi connectivity index (χ0n) is 18.2. The van der Waals surface area contributed by atoms with Crippen LogP contribution in [0.4, 0.5) is 16.2 Å². The largest absolute Gasteiger partial charge is 0.326 e. The molecule has 3 heterocycles. The van der Waals surface area contributed by atoms with E-state index in [1.165, 1.54) is 17.3 Å². The minimum absolute atomic E-state index is 0.0558. The molecule has 170 valence electrons. The molecule has 0 unspecified atom stereocenters. The number of piperidine rings is 1. The van der Waals surface area contributed by atoms with Crippen molar-refractivity contribution < 1.29 is 14.4 Å². The van der Waals surface area contributed by atoms with Gasteiger partial charge in [0.25, 0.3) is 0 Å². The standard InChI is InChI=1S/C22H29N7O3/c1-16(29-15-23-14-24-29)20(30)25-18-6-8-19(9-7-18)26-21(31)17-5-4-12-28(13-17)22(32)27-10-2-3-11-27/h6-9,14-17H,2-5,10-13H2,1H3,(H,25,30)(H,26,31)/t16-,17+/m0/s1. The number of hydrogen-bond acceptors (Lipinski definition) is 5. The molecule has 2 aromatic rings. The molecule has 10 nitrogen and oxygen atoms in total. The number of nitrogens with zero attached hydrogens (tertiary/aromatic N) is 5. The molecule has 32 heavy (non-hydrogen) atoms. The second kappa shape index (κ2) is 9.80. The van der Waals surface area contributed by atoms with E-state index in [0.29, 0.717) is 24.5 Å². The Morgan fingerprint density at radius 2 is 1.62 bits per heavy atom. The van der Waals surface area contributed by atoms with Crippen molar-refractivity contribution in [2.45, 2.75) is 38.6 Å². The van der Waals surface area contributed by atoms with E-state index in [9.17, 15) is 14.4 Å². The summed E-state index contributed by atoms with van der Waals surface area (Å²) in [4.78, 5) is 45.4. The molecule has 4 rings (SSSR count). The number of urea groups is 1. The Morgan fingerprint density at radius 3 is 2.28 bits per heavy atom. The summed E-state index contributed by atoms with van der Waals surface area (Å²) in [6.07, 6.45) is 6.58. The molecule has 2 N–H and O–H groups in total. The average molecular weight is 440 g/mol. The number of rotatable bonds is 5. The fraction of sp³-hybridized carbons (Fsp3) is 0.500. The lowest BCUT2D eigenvalue weighted by molar-refractivity contribution is -0.121. The minimum atomic E-state index is -0.491. The van der Waals surface area contributed by atoms with Gasteiger partial charge in [0.05, 0.1) is 5.92 Å². The number of anilines is 2. The predicted molar refractivity (Wildman–Crippen MR) is 119 cm³/mol. The lowest BCUT2D eigenvalue weighted by Gasteiger charge is -2.34. The third-order valence-corrected chi connectivity index (χ3v) is 6.07. The summed E-state index contributed by atoms with van der Waals surface area (Å²) in [5.41, 5.74) is 1.28. The van der Waals surface area contributed by atoms with E-state index in [1.54, 1.807) is 31.2 Å². The van der Waals surface area contributed by atoms with Crippen molar-refractivity contribution in [2.24, 2.45) is 5.92 Å². The normalized spacial score (nSPS) is 19.5. The van der Waals surface area contributed by atoms with Gasteiger partial charge >= 0.3 is 6.03 Å². The molecular formula is C22H29N7O3. The van der Waals surface area contributed by atoms with E-state index in [4.69, 9.17) is 0 Å². The van der Waals surface area contributed by atoms with Gasteiger partial charge in [0.15, 0.2) is 0 Å². The van der Waals surface area contributed by atoms with E-state index < -0.39 is 6.04 Å². The van der Waals surface area contributed by atoms with Gasteiger partial charge in [0, 0.05) is 37.6 Å². The average Bonchev–Trinajstić information content (AvgIpc) is 3.54. The van der Waals surface area contributed by atoms with Crippen LogP contribution >= 0.6 is 0 Å². The Morgan fingerprint density at radius 1 is 0.969 bits per heavy atom. The Balaban J connectivity index is 1.29. The molecule has 0 bridgehead atoms. The van der Waals surface area contributed by atoms with Crippen LogP contribution in [0.1, 0.15) is 38.6 Å². The van der Waals surface area contributed by atoms with E-state index in [1.807, 2.05) is 9.80 Å². The van der Waals surface area contributed by atoms with Crippen LogP contribution in [-0.2, 0) is 9.59 Å². The molecule has 2 atom stereocenters. The van der Waals surface area contributed by atoms with Gasteiger partial charge in [-0.05, 0) is 56.9 Å². The van der Waals surface area contributed by atoms with Gasteiger partial charge in [-0.1, -0.05) is 0 Å². The van der Waals surface area contributed by atoms with Crippen LogP contribution in [0, 0.1) is 5.92 Å². The van der Waals surface area contributed by atoms with Gasteiger partial charge in [0.1, 0.15) is 18.7 Å². The fourth-order valence-corrected chi connectivity index (χ4v) is 4.14. The number of likely N-dealkylation sites (tertiary alicyclic amines) is 2. The highest BCUT2D eigenvalue weighted by atomic mass is 16.2. The third kappa shape index (κ3) is 5.06. The quantitative estimate of drug-likeness (QED) is 0.743. The fourth-order valence-electron chi connectivity index (χ4n) is 4.14. The zero-order chi connectivity index (χ0) is 22.5. The topological polar surface area (TPSA) is 112 Å². The van der Waals surface area contributed by atoms with Crippen LogP contribution in [0.25, 0.3) is 0 Å². The first kappa shape index (κ1) is 21.8. The second-order valence-electron chi connectivity index (χ2n) is 8.37. The van der Waals surface area contributed by atoms with Crippen LogP contribution in [-0.4, -0.2) is 68.6 Å². The maximum absolute atomic E-state index is 12.8. The summed E-state index contributed by atoms with van der Waals surface area (Å²) in [6.45, 7) is 4.52. The number of carbonyl (C=O) groups is 3. The maximum Gasteiger partial charge on any atom is 0.320 e. The molecule has 2 saturated heterocycles. The lowest BCUT2D eigenvalue weighted by Crippen LogP contribution is -2.48. The smallest absolute Gasteiger partial charge is 0.320 e. The SMILES string of the molecule is C[C@@H](C(=O)Nc1ccc(NC(=O)[C@@H]2CCCN(C(=O)N3CCCC3)C2)cc1)n1cncn1. The highest BCUT2D eigenvalue weighted by Crippen LogP contribution is 2.22. The highest BCUT2D eigenvalue weighted by Gasteiger charge is 2.31. The lowest BCUT2D eigenvalue weighted by atomic mass is 9.97. The van der Waals surface area contributed by atoms with Crippen LogP contribution in [0.15, 0.2) is 36.9 Å². The van der Waals surface area contributed by atoms with Crippen molar-refractivity contribution in [1.82, 2.24) is 24.6 Å². The van der Waals surface area contributed by atoms with Crippen LogP contribution in [0.3, 0.4) is 0 Å². The van der Waals surface area contributed by atoms with Crippen molar-refractivity contribution >= 4 is 29.2 Å². The second-order valence-corrected chi connectivity index (χ2v) is 8.37. The first-order chi connectivity index (χ1) is 15.5. The van der Waals surface area contributed by atoms with Crippen molar-refractivity contribution in [3.63, 3.8) is 0 Å². The van der Waals surface area contributed by atoms with E-state index in [0.717, 1.165) is 38.8 Å². The molecule has 2 aliphatic rings. The molecule has 0 spiro atoms. The molecule has 1 aromatic carbocycles. The van der Waals surface area contributed by atoms with Crippen molar-refractivity contribution in [3.8, 4) is 0 Å². The molecule has 2 aliphatic heterocycles. The van der Waals surface area contributed by atoms with Crippen molar-refractivity contribution in [3.05, 3.63) is 36.9 Å². The maximum atomic E-state index is 12.8. The Hall–Kier alpha value is -3.43. The van der Waals surface area contributed by atoms with Crippen LogP contribution < -0.4 is 10.6 Å². The molecule has 0 aliphatic carbocycles. The van der Waals surface area contributed by atoms with Gasteiger partial charge in [0.2, 0.25) is 11.8 Å². The molecular weight excluding hydrogens is 410 g/mol. The summed E-state index contributed by atoms with van der Waals surface area (Å²) in [6, 6.07) is 6.56. The third-order valence-electron chi connectivity index (χ3n) is 6.07. The first-order valence-electron chi connectivity index (χ1n) is 11.1. The summed E-state index contributed by atoms with van der Waals surface area (Å²) in [7, 11) is 0. The van der Waals surface area contributed by atoms with Crippen molar-refractivity contribution in [1.29, 1.82) is 0 Å². The predicted octanol–water partition coefficient (Wildman–Crippen LogP) is 2.34. The Bertz CT molecular complexity index is 939. The number of carbonyl (C=O) groups excluding carboxylic acids is 3. The van der Waals surface area contributed by atoms with Crippen LogP contribution in [0.5, 0.6) is 0 Å². The summed E-state index contributed by atoms with van der Waals surface area (Å²) in [5.74, 6) is -0.518. The van der Waals surface area contributed by atoms with Gasteiger partial charge in [-0.3, -0.25) is 9.59 Å². The van der Waals surface area contributed by atoms with E-state index >= 15 is 0 Å².